The predicted molar refractivity (Wildman–Crippen MR) is 128 cm³/mol. The third-order valence-electron chi connectivity index (χ3n) is 6.73. The van der Waals surface area contributed by atoms with Crippen LogP contribution in [0.1, 0.15) is 41.7 Å². The van der Waals surface area contributed by atoms with E-state index in [-0.39, 0.29) is 23.6 Å². The number of rotatable bonds is 4. The number of amides is 1. The molecule has 7 heteroatoms. The molecule has 2 aromatic heterocycles. The molecule has 1 aromatic carbocycles. The number of hydrogen-bond acceptors (Lipinski definition) is 5. The zero-order valence-corrected chi connectivity index (χ0v) is 19.4. The highest BCUT2D eigenvalue weighted by atomic mass is 32.1. The number of fused-ring (bicyclic) bond motifs is 3. The first-order valence-electron chi connectivity index (χ1n) is 11.0. The van der Waals surface area contributed by atoms with Crippen molar-refractivity contribution in [3.63, 3.8) is 0 Å². The second-order valence-corrected chi connectivity index (χ2v) is 9.42. The van der Waals surface area contributed by atoms with Crippen LogP contribution in [0.2, 0.25) is 0 Å². The van der Waals surface area contributed by atoms with E-state index in [0.29, 0.717) is 30.0 Å². The molecule has 0 aliphatic carbocycles. The molecular formula is C25H27N3O3S. The van der Waals surface area contributed by atoms with Crippen LogP contribution in [0, 0.1) is 0 Å². The number of aromatic nitrogens is 1. The van der Waals surface area contributed by atoms with Gasteiger partial charge >= 0.3 is 0 Å². The number of ether oxygens (including phenoxy) is 1. The maximum atomic E-state index is 14.0. The molecule has 0 spiro atoms. The number of nitrogens with zero attached hydrogens (tertiary/aromatic N) is 3. The lowest BCUT2D eigenvalue weighted by Crippen LogP contribution is -2.46. The molecule has 2 aliphatic rings. The van der Waals surface area contributed by atoms with E-state index in [1.54, 1.807) is 29.2 Å². The van der Waals surface area contributed by atoms with Gasteiger partial charge in [0.15, 0.2) is 0 Å². The fraction of sp³-hybridized carbons (Fsp3) is 0.360. The molecule has 0 radical (unpaired) electrons. The van der Waals surface area contributed by atoms with Crippen molar-refractivity contribution >= 4 is 17.2 Å². The molecule has 6 nitrogen and oxygen atoms in total. The number of hydrogen-bond donors (Lipinski definition) is 0. The second kappa shape index (κ2) is 8.22. The number of carbonyl (C=O) groups excluding carboxylic acids is 1. The van der Waals surface area contributed by atoms with Crippen molar-refractivity contribution in [1.82, 2.24) is 9.58 Å². The maximum Gasteiger partial charge on any atom is 0.277 e. The molecule has 166 valence electrons. The van der Waals surface area contributed by atoms with Crippen LogP contribution in [0.15, 0.2) is 52.6 Å². The van der Waals surface area contributed by atoms with E-state index in [4.69, 9.17) is 4.74 Å². The monoisotopic (exact) mass is 449 g/mol. The molecule has 3 aromatic rings. The first kappa shape index (κ1) is 21.0. The summed E-state index contributed by atoms with van der Waals surface area (Å²) < 4.78 is 7.10. The van der Waals surface area contributed by atoms with Gasteiger partial charge in [-0.15, -0.1) is 11.3 Å². The van der Waals surface area contributed by atoms with Crippen molar-refractivity contribution < 1.29 is 9.53 Å². The van der Waals surface area contributed by atoms with Gasteiger partial charge in [-0.2, -0.15) is 0 Å². The Labute approximate surface area is 191 Å². The molecular weight excluding hydrogens is 422 g/mol. The Morgan fingerprint density at radius 3 is 2.75 bits per heavy atom. The zero-order chi connectivity index (χ0) is 22.4. The van der Waals surface area contributed by atoms with Gasteiger partial charge in [-0.3, -0.25) is 9.59 Å². The zero-order valence-electron chi connectivity index (χ0n) is 18.6. The molecule has 1 fully saturated rings. The standard InChI is InChI=1S/C25H27N3O3S/c1-16-19-11-13-32-23(19)22-21(24(29)27-12-7-10-18(27)15-31-3)14-20(17-8-5-4-6-9-17)25(30)28(22)26(16)2/h4-6,8-9,11,13-14,16,18H,7,10,12,15H2,1-3H3/t16?,18-/m1/s1. The van der Waals surface area contributed by atoms with Crippen molar-refractivity contribution in [1.29, 1.82) is 0 Å². The number of carbonyl (C=O) groups is 1. The minimum atomic E-state index is -0.106. The number of thiophene rings is 1. The fourth-order valence-electron chi connectivity index (χ4n) is 4.95. The minimum Gasteiger partial charge on any atom is -0.383 e. The molecule has 4 heterocycles. The normalized spacial score (nSPS) is 19.7. The third kappa shape index (κ3) is 3.19. The summed E-state index contributed by atoms with van der Waals surface area (Å²) in [5.41, 5.74) is 3.68. The summed E-state index contributed by atoms with van der Waals surface area (Å²) in [5, 5.41) is 3.99. The van der Waals surface area contributed by atoms with Crippen molar-refractivity contribution in [2.24, 2.45) is 0 Å². The highest BCUT2D eigenvalue weighted by Gasteiger charge is 2.36. The van der Waals surface area contributed by atoms with Crippen molar-refractivity contribution in [2.75, 3.05) is 32.3 Å². The lowest BCUT2D eigenvalue weighted by Gasteiger charge is -2.37. The lowest BCUT2D eigenvalue weighted by molar-refractivity contribution is 0.0630. The summed E-state index contributed by atoms with van der Waals surface area (Å²) >= 11 is 1.59. The van der Waals surface area contributed by atoms with E-state index < -0.39 is 0 Å². The Bertz CT molecular complexity index is 1220. The largest absolute Gasteiger partial charge is 0.383 e. The summed E-state index contributed by atoms with van der Waals surface area (Å²) in [7, 11) is 3.59. The van der Waals surface area contributed by atoms with Crippen LogP contribution in [-0.2, 0) is 4.74 Å². The number of benzene rings is 1. The van der Waals surface area contributed by atoms with E-state index in [2.05, 4.69) is 13.0 Å². The highest BCUT2D eigenvalue weighted by molar-refractivity contribution is 7.13. The van der Waals surface area contributed by atoms with Gasteiger partial charge in [0.25, 0.3) is 11.5 Å². The van der Waals surface area contributed by atoms with Crippen molar-refractivity contribution in [3.05, 3.63) is 69.3 Å². The molecule has 0 bridgehead atoms. The Morgan fingerprint density at radius 1 is 1.22 bits per heavy atom. The first-order chi connectivity index (χ1) is 15.5. The van der Waals surface area contributed by atoms with Gasteiger partial charge in [-0.05, 0) is 48.4 Å². The average molecular weight is 450 g/mol. The molecule has 0 saturated carbocycles. The van der Waals surface area contributed by atoms with E-state index in [0.717, 1.165) is 28.8 Å². The third-order valence-corrected chi connectivity index (χ3v) is 7.66. The van der Waals surface area contributed by atoms with E-state index in [1.165, 1.54) is 0 Å². The van der Waals surface area contributed by atoms with E-state index in [1.807, 2.05) is 52.7 Å². The molecule has 2 atom stereocenters. The van der Waals surface area contributed by atoms with Crippen LogP contribution in [-0.4, -0.2) is 48.8 Å². The molecule has 1 amide bonds. The quantitative estimate of drug-likeness (QED) is 0.601. The smallest absolute Gasteiger partial charge is 0.277 e. The van der Waals surface area contributed by atoms with Gasteiger partial charge in [0.05, 0.1) is 34.8 Å². The number of methoxy groups -OCH3 is 1. The SMILES string of the molecule is COC[C@H]1CCCN1C(=O)c1cc(-c2ccccc2)c(=O)n2c1-c1sccc1C(C)N2C. The van der Waals surface area contributed by atoms with Gasteiger partial charge in [-0.1, -0.05) is 30.3 Å². The van der Waals surface area contributed by atoms with Gasteiger partial charge in [-0.25, -0.2) is 4.68 Å². The minimum absolute atomic E-state index is 0.0310. The predicted octanol–water partition coefficient (Wildman–Crippen LogP) is 4.14. The van der Waals surface area contributed by atoms with Crippen LogP contribution < -0.4 is 10.6 Å². The molecule has 1 unspecified atom stereocenters. The lowest BCUT2D eigenvalue weighted by atomic mass is 9.97. The summed E-state index contributed by atoms with van der Waals surface area (Å²) in [5.74, 6) is -0.0345. The molecule has 5 rings (SSSR count). The van der Waals surface area contributed by atoms with Crippen molar-refractivity contribution in [3.8, 4) is 21.7 Å². The molecule has 1 saturated heterocycles. The Hall–Kier alpha value is -2.90. The van der Waals surface area contributed by atoms with Gasteiger partial charge in [0, 0.05) is 26.3 Å². The average Bonchev–Trinajstić information content (AvgIpc) is 3.47. The number of pyridine rings is 1. The summed E-state index contributed by atoms with van der Waals surface area (Å²) in [6, 6.07) is 13.6. The highest BCUT2D eigenvalue weighted by Crippen LogP contribution is 2.42. The number of likely N-dealkylation sites (tertiary alicyclic amines) is 1. The second-order valence-electron chi connectivity index (χ2n) is 8.51. The van der Waals surface area contributed by atoms with Crippen LogP contribution in [0.3, 0.4) is 0 Å². The van der Waals surface area contributed by atoms with Gasteiger partial charge < -0.3 is 14.6 Å². The fourth-order valence-corrected chi connectivity index (χ4v) is 5.98. The maximum absolute atomic E-state index is 14.0. The summed E-state index contributed by atoms with van der Waals surface area (Å²) in [6.07, 6.45) is 1.89. The van der Waals surface area contributed by atoms with Gasteiger partial charge in [0.1, 0.15) is 0 Å². The summed E-state index contributed by atoms with van der Waals surface area (Å²) in [4.78, 5) is 30.6. The molecule has 0 N–H and O–H groups in total. The Kier molecular flexibility index (Phi) is 5.39. The molecule has 2 aliphatic heterocycles. The van der Waals surface area contributed by atoms with Crippen LogP contribution >= 0.6 is 11.3 Å². The van der Waals surface area contributed by atoms with E-state index >= 15 is 0 Å². The Balaban J connectivity index is 1.77. The molecule has 32 heavy (non-hydrogen) atoms. The summed E-state index contributed by atoms with van der Waals surface area (Å²) in [6.45, 7) is 3.32. The van der Waals surface area contributed by atoms with Crippen molar-refractivity contribution in [2.45, 2.75) is 31.8 Å². The van der Waals surface area contributed by atoms with Crippen LogP contribution in [0.4, 0.5) is 0 Å². The van der Waals surface area contributed by atoms with Gasteiger partial charge in [0.2, 0.25) is 0 Å². The van der Waals surface area contributed by atoms with Crippen LogP contribution in [0.5, 0.6) is 0 Å². The Morgan fingerprint density at radius 2 is 2.00 bits per heavy atom. The van der Waals surface area contributed by atoms with Crippen LogP contribution in [0.25, 0.3) is 21.7 Å². The van der Waals surface area contributed by atoms with E-state index in [9.17, 15) is 9.59 Å². The first-order valence-corrected chi connectivity index (χ1v) is 11.9. The topological polar surface area (TPSA) is 54.8 Å².